The first-order valence-electron chi connectivity index (χ1n) is 6.10. The zero-order valence-corrected chi connectivity index (χ0v) is 12.9. The maximum absolute atomic E-state index is 12.4. The van der Waals surface area contributed by atoms with Crippen molar-refractivity contribution in [1.29, 1.82) is 0 Å². The summed E-state index contributed by atoms with van der Waals surface area (Å²) in [6.07, 6.45) is 1.58. The summed E-state index contributed by atoms with van der Waals surface area (Å²) in [5, 5.41) is 6.76. The van der Waals surface area contributed by atoms with Crippen molar-refractivity contribution in [2.24, 2.45) is 7.05 Å². The molecule has 0 saturated carbocycles. The molecule has 0 aliphatic rings. The molecule has 0 radical (unpaired) electrons. The topological polar surface area (TPSA) is 52.7 Å². The van der Waals surface area contributed by atoms with Gasteiger partial charge in [0.1, 0.15) is 9.85 Å². The molecular formula is C13H13ClN4OS. The van der Waals surface area contributed by atoms with Gasteiger partial charge in [-0.3, -0.25) is 14.0 Å². The number of nitrogens with zero attached hydrogens (tertiary/aromatic N) is 4. The van der Waals surface area contributed by atoms with Crippen LogP contribution in [0, 0.1) is 13.8 Å². The van der Waals surface area contributed by atoms with Crippen LogP contribution >= 0.6 is 22.9 Å². The highest BCUT2D eigenvalue weighted by molar-refractivity contribution is 7.17. The molecule has 0 saturated heterocycles. The summed E-state index contributed by atoms with van der Waals surface area (Å²) in [7, 11) is 1.78. The first-order valence-corrected chi connectivity index (χ1v) is 7.36. The van der Waals surface area contributed by atoms with E-state index < -0.39 is 0 Å². The smallest absolute Gasteiger partial charge is 0.271 e. The molecule has 3 aromatic rings. The largest absolute Gasteiger partial charge is 0.293 e. The van der Waals surface area contributed by atoms with Gasteiger partial charge in [-0.1, -0.05) is 11.6 Å². The van der Waals surface area contributed by atoms with Gasteiger partial charge in [0.2, 0.25) is 0 Å². The Balaban J connectivity index is 2.12. The Kier molecular flexibility index (Phi) is 3.14. The first kappa shape index (κ1) is 13.3. The zero-order chi connectivity index (χ0) is 14.4. The molecule has 104 valence electrons. The summed E-state index contributed by atoms with van der Waals surface area (Å²) in [4.78, 5) is 16.8. The lowest BCUT2D eigenvalue weighted by Gasteiger charge is -2.05. The fraction of sp³-hybridized carbons (Fsp3) is 0.308. The molecular weight excluding hydrogens is 296 g/mol. The molecule has 0 aromatic carbocycles. The van der Waals surface area contributed by atoms with Gasteiger partial charge in [-0.05, 0) is 24.8 Å². The highest BCUT2D eigenvalue weighted by Crippen LogP contribution is 2.21. The van der Waals surface area contributed by atoms with Crippen molar-refractivity contribution in [3.8, 4) is 0 Å². The minimum atomic E-state index is -0.0348. The quantitative estimate of drug-likeness (QED) is 0.731. The summed E-state index contributed by atoms with van der Waals surface area (Å²) in [6, 6.07) is 0. The van der Waals surface area contributed by atoms with Gasteiger partial charge >= 0.3 is 0 Å². The second-order valence-corrected chi connectivity index (χ2v) is 5.99. The van der Waals surface area contributed by atoms with Crippen LogP contribution in [-0.4, -0.2) is 19.3 Å². The van der Waals surface area contributed by atoms with Gasteiger partial charge in [-0.2, -0.15) is 5.10 Å². The zero-order valence-electron chi connectivity index (χ0n) is 11.3. The molecule has 0 aliphatic heterocycles. The van der Waals surface area contributed by atoms with Gasteiger partial charge in [0.15, 0.2) is 0 Å². The second-order valence-electron chi connectivity index (χ2n) is 4.75. The predicted molar refractivity (Wildman–Crippen MR) is 80.7 cm³/mol. The third-order valence-electron chi connectivity index (χ3n) is 3.32. The van der Waals surface area contributed by atoms with E-state index in [0.717, 1.165) is 22.3 Å². The van der Waals surface area contributed by atoms with Gasteiger partial charge < -0.3 is 0 Å². The third-order valence-corrected chi connectivity index (χ3v) is 4.87. The Hall–Kier alpha value is -1.66. The predicted octanol–water partition coefficient (Wildman–Crippen LogP) is 2.51. The summed E-state index contributed by atoms with van der Waals surface area (Å²) < 4.78 is 3.87. The fourth-order valence-corrected chi connectivity index (χ4v) is 3.38. The fourth-order valence-electron chi connectivity index (χ4n) is 2.20. The number of aryl methyl sites for hydroxylation is 3. The van der Waals surface area contributed by atoms with Gasteiger partial charge in [0, 0.05) is 12.6 Å². The second kappa shape index (κ2) is 4.71. The molecule has 0 atom stereocenters. The SMILES string of the molecule is Cc1nn(C)c(Cl)c1Cn1cnc2c(C)csc2c1=O. The van der Waals surface area contributed by atoms with Gasteiger partial charge in [0.25, 0.3) is 5.56 Å². The van der Waals surface area contributed by atoms with E-state index in [1.165, 1.54) is 11.3 Å². The summed E-state index contributed by atoms with van der Waals surface area (Å²) in [5.41, 5.74) is 3.46. The number of thiophene rings is 1. The normalized spacial score (nSPS) is 11.4. The lowest BCUT2D eigenvalue weighted by molar-refractivity contribution is 0.743. The average molecular weight is 309 g/mol. The Morgan fingerprint density at radius 1 is 1.40 bits per heavy atom. The van der Waals surface area contributed by atoms with Crippen molar-refractivity contribution in [2.75, 3.05) is 0 Å². The molecule has 0 spiro atoms. The average Bonchev–Trinajstić information content (AvgIpc) is 2.89. The minimum Gasteiger partial charge on any atom is -0.293 e. The number of hydrogen-bond acceptors (Lipinski definition) is 4. The van der Waals surface area contributed by atoms with Gasteiger partial charge in [-0.25, -0.2) is 4.98 Å². The maximum Gasteiger partial charge on any atom is 0.271 e. The lowest BCUT2D eigenvalue weighted by atomic mass is 10.2. The highest BCUT2D eigenvalue weighted by Gasteiger charge is 2.14. The molecule has 0 unspecified atom stereocenters. The molecule has 0 N–H and O–H groups in total. The monoisotopic (exact) mass is 308 g/mol. The van der Waals surface area contributed by atoms with E-state index in [1.807, 2.05) is 19.2 Å². The molecule has 0 fully saturated rings. The van der Waals surface area contributed by atoms with Crippen molar-refractivity contribution < 1.29 is 0 Å². The number of rotatable bonds is 2. The highest BCUT2D eigenvalue weighted by atomic mass is 35.5. The molecule has 3 rings (SSSR count). The van der Waals surface area contributed by atoms with E-state index in [4.69, 9.17) is 11.6 Å². The van der Waals surface area contributed by atoms with Crippen molar-refractivity contribution in [3.05, 3.63) is 44.0 Å². The molecule has 0 aliphatic carbocycles. The van der Waals surface area contributed by atoms with Crippen molar-refractivity contribution in [3.63, 3.8) is 0 Å². The number of aromatic nitrogens is 4. The third kappa shape index (κ3) is 1.96. The van der Waals surface area contributed by atoms with Crippen LogP contribution < -0.4 is 5.56 Å². The van der Waals surface area contributed by atoms with Crippen molar-refractivity contribution >= 4 is 33.2 Å². The Bertz CT molecular complexity index is 861. The maximum atomic E-state index is 12.4. The van der Waals surface area contributed by atoms with E-state index in [0.29, 0.717) is 16.4 Å². The summed E-state index contributed by atoms with van der Waals surface area (Å²) in [6.45, 7) is 4.22. The molecule has 7 heteroatoms. The molecule has 3 aromatic heterocycles. The van der Waals surface area contributed by atoms with E-state index >= 15 is 0 Å². The Labute approximate surface area is 124 Å². The van der Waals surface area contributed by atoms with Crippen LogP contribution in [0.2, 0.25) is 5.15 Å². The van der Waals surface area contributed by atoms with Crippen LogP contribution in [-0.2, 0) is 13.6 Å². The number of fused-ring (bicyclic) bond motifs is 1. The number of halogens is 1. The molecule has 0 amide bonds. The van der Waals surface area contributed by atoms with Crippen LogP contribution in [0.4, 0.5) is 0 Å². The van der Waals surface area contributed by atoms with Gasteiger partial charge in [-0.15, -0.1) is 11.3 Å². The van der Waals surface area contributed by atoms with E-state index in [-0.39, 0.29) is 5.56 Å². The number of hydrogen-bond donors (Lipinski definition) is 0. The van der Waals surface area contributed by atoms with E-state index in [1.54, 1.807) is 22.6 Å². The van der Waals surface area contributed by atoms with E-state index in [9.17, 15) is 4.79 Å². The first-order chi connectivity index (χ1) is 9.49. The van der Waals surface area contributed by atoms with Crippen LogP contribution in [0.15, 0.2) is 16.5 Å². The Morgan fingerprint density at radius 2 is 2.15 bits per heavy atom. The molecule has 5 nitrogen and oxygen atoms in total. The standard InChI is InChI=1S/C13H13ClN4OS/c1-7-5-20-11-10(7)15-6-18(13(11)19)4-9-8(2)16-17(3)12(9)14/h5-6H,4H2,1-3H3. The van der Waals surface area contributed by atoms with Crippen molar-refractivity contribution in [1.82, 2.24) is 19.3 Å². The van der Waals surface area contributed by atoms with Crippen molar-refractivity contribution in [2.45, 2.75) is 20.4 Å². The molecule has 0 bridgehead atoms. The van der Waals surface area contributed by atoms with Crippen LogP contribution in [0.25, 0.3) is 10.2 Å². The lowest BCUT2D eigenvalue weighted by Crippen LogP contribution is -2.20. The summed E-state index contributed by atoms with van der Waals surface area (Å²) >= 11 is 7.64. The van der Waals surface area contributed by atoms with E-state index in [2.05, 4.69) is 10.1 Å². The van der Waals surface area contributed by atoms with Crippen LogP contribution in [0.5, 0.6) is 0 Å². The Morgan fingerprint density at radius 3 is 2.80 bits per heavy atom. The van der Waals surface area contributed by atoms with Crippen LogP contribution in [0.3, 0.4) is 0 Å². The van der Waals surface area contributed by atoms with Gasteiger partial charge in [0.05, 0.1) is 24.1 Å². The molecule has 20 heavy (non-hydrogen) atoms. The molecule has 3 heterocycles. The van der Waals surface area contributed by atoms with Crippen LogP contribution in [0.1, 0.15) is 16.8 Å². The summed E-state index contributed by atoms with van der Waals surface area (Å²) in [5.74, 6) is 0. The minimum absolute atomic E-state index is 0.0348.